The molecule has 2 aromatic heterocycles. The summed E-state index contributed by atoms with van der Waals surface area (Å²) in [4.78, 5) is 7.76. The van der Waals surface area contributed by atoms with Gasteiger partial charge in [0, 0.05) is 19.3 Å². The van der Waals surface area contributed by atoms with Crippen LogP contribution in [-0.2, 0) is 6.54 Å². The van der Waals surface area contributed by atoms with Gasteiger partial charge in [0.25, 0.3) is 0 Å². The van der Waals surface area contributed by atoms with E-state index in [-0.39, 0.29) is 0 Å². The third kappa shape index (κ3) is 2.86. The van der Waals surface area contributed by atoms with Gasteiger partial charge >= 0.3 is 0 Å². The monoisotopic (exact) mass is 291 g/mol. The van der Waals surface area contributed by atoms with Gasteiger partial charge in [-0.2, -0.15) is 5.10 Å². The number of piperidine rings is 1. The third-order valence-electron chi connectivity index (χ3n) is 3.85. The summed E-state index contributed by atoms with van der Waals surface area (Å²) in [5.41, 5.74) is 7.71. The summed E-state index contributed by atoms with van der Waals surface area (Å²) in [6.45, 7) is 5.37. The maximum atomic E-state index is 5.76. The Morgan fingerprint density at radius 1 is 1.50 bits per heavy atom. The zero-order chi connectivity index (χ0) is 14.1. The third-order valence-corrected chi connectivity index (χ3v) is 4.86. The Bertz CT molecular complexity index is 588. The molecule has 1 atom stereocenters. The predicted molar refractivity (Wildman–Crippen MR) is 82.7 cm³/mol. The van der Waals surface area contributed by atoms with Crippen molar-refractivity contribution < 1.29 is 0 Å². The standard InChI is InChI=1S/C14H21N5S/c1-10-13(20-14(15)16-10)12-5-7-19(17-12)9-11-4-3-6-18(2)8-11/h5,7,11H,3-4,6,8-9H2,1-2H3,(H2,15,16). The first-order valence-electron chi connectivity index (χ1n) is 7.07. The fourth-order valence-electron chi connectivity index (χ4n) is 2.93. The zero-order valence-electron chi connectivity index (χ0n) is 12.0. The molecule has 0 amide bonds. The molecule has 108 valence electrons. The minimum absolute atomic E-state index is 0.612. The maximum absolute atomic E-state index is 5.76. The molecule has 3 heterocycles. The summed E-state index contributed by atoms with van der Waals surface area (Å²) < 4.78 is 2.06. The van der Waals surface area contributed by atoms with Gasteiger partial charge < -0.3 is 10.6 Å². The van der Waals surface area contributed by atoms with Crippen LogP contribution in [0.5, 0.6) is 0 Å². The molecular weight excluding hydrogens is 270 g/mol. The normalized spacial score (nSPS) is 20.4. The molecular formula is C14H21N5S. The van der Waals surface area contributed by atoms with E-state index >= 15 is 0 Å². The van der Waals surface area contributed by atoms with E-state index < -0.39 is 0 Å². The summed E-state index contributed by atoms with van der Waals surface area (Å²) in [7, 11) is 2.20. The minimum atomic E-state index is 0.612. The predicted octanol–water partition coefficient (Wildman–Crippen LogP) is 2.24. The van der Waals surface area contributed by atoms with Crippen molar-refractivity contribution in [3.05, 3.63) is 18.0 Å². The molecule has 1 aliphatic heterocycles. The Labute approximate surface area is 123 Å². The highest BCUT2D eigenvalue weighted by atomic mass is 32.1. The second-order valence-corrected chi connectivity index (χ2v) is 6.69. The van der Waals surface area contributed by atoms with Crippen LogP contribution in [0.3, 0.4) is 0 Å². The van der Waals surface area contributed by atoms with Gasteiger partial charge in [0.05, 0.1) is 10.6 Å². The van der Waals surface area contributed by atoms with E-state index in [1.807, 2.05) is 6.92 Å². The molecule has 6 heteroatoms. The Morgan fingerprint density at radius 2 is 2.35 bits per heavy atom. The van der Waals surface area contributed by atoms with Crippen molar-refractivity contribution >= 4 is 16.5 Å². The lowest BCUT2D eigenvalue weighted by molar-refractivity contribution is 0.191. The highest BCUT2D eigenvalue weighted by Crippen LogP contribution is 2.30. The molecule has 2 N–H and O–H groups in total. The zero-order valence-corrected chi connectivity index (χ0v) is 12.9. The summed E-state index contributed by atoms with van der Waals surface area (Å²) >= 11 is 1.51. The molecule has 5 nitrogen and oxygen atoms in total. The van der Waals surface area contributed by atoms with Crippen LogP contribution in [0.25, 0.3) is 10.6 Å². The second-order valence-electron chi connectivity index (χ2n) is 5.66. The Hall–Kier alpha value is -1.40. The van der Waals surface area contributed by atoms with Crippen LogP contribution in [0.15, 0.2) is 12.3 Å². The van der Waals surface area contributed by atoms with Gasteiger partial charge in [0.15, 0.2) is 5.13 Å². The minimum Gasteiger partial charge on any atom is -0.375 e. The molecule has 0 aliphatic carbocycles. The van der Waals surface area contributed by atoms with Crippen LogP contribution in [0.1, 0.15) is 18.5 Å². The Morgan fingerprint density at radius 3 is 3.05 bits per heavy atom. The number of likely N-dealkylation sites (tertiary alicyclic amines) is 1. The first-order valence-corrected chi connectivity index (χ1v) is 7.89. The quantitative estimate of drug-likeness (QED) is 0.942. The largest absolute Gasteiger partial charge is 0.375 e. The molecule has 1 fully saturated rings. The number of nitrogen functional groups attached to an aromatic ring is 1. The number of rotatable bonds is 3. The average Bonchev–Trinajstić information content (AvgIpc) is 2.96. The van der Waals surface area contributed by atoms with Gasteiger partial charge in [0.1, 0.15) is 5.69 Å². The molecule has 3 rings (SSSR count). The van der Waals surface area contributed by atoms with Crippen molar-refractivity contribution in [3.8, 4) is 10.6 Å². The van der Waals surface area contributed by atoms with Crippen LogP contribution >= 0.6 is 11.3 Å². The number of hydrogen-bond acceptors (Lipinski definition) is 5. The highest BCUT2D eigenvalue weighted by Gasteiger charge is 2.18. The van der Waals surface area contributed by atoms with Crippen molar-refractivity contribution in [2.45, 2.75) is 26.3 Å². The topological polar surface area (TPSA) is 60.0 Å². The first kappa shape index (κ1) is 13.6. The molecule has 0 saturated carbocycles. The molecule has 0 spiro atoms. The number of aromatic nitrogens is 3. The Kier molecular flexibility index (Phi) is 3.76. The summed E-state index contributed by atoms with van der Waals surface area (Å²) in [6, 6.07) is 2.06. The fourth-order valence-corrected chi connectivity index (χ4v) is 3.72. The summed E-state index contributed by atoms with van der Waals surface area (Å²) in [6.07, 6.45) is 4.66. The lowest BCUT2D eigenvalue weighted by Gasteiger charge is -2.29. The van der Waals surface area contributed by atoms with Crippen molar-refractivity contribution in [1.82, 2.24) is 19.7 Å². The number of anilines is 1. The van der Waals surface area contributed by atoms with E-state index in [0.717, 1.165) is 22.8 Å². The van der Waals surface area contributed by atoms with E-state index in [1.54, 1.807) is 0 Å². The van der Waals surface area contributed by atoms with Crippen molar-refractivity contribution in [1.29, 1.82) is 0 Å². The van der Waals surface area contributed by atoms with E-state index in [1.165, 1.54) is 37.3 Å². The molecule has 1 aliphatic rings. The van der Waals surface area contributed by atoms with Crippen LogP contribution < -0.4 is 5.73 Å². The molecule has 1 unspecified atom stereocenters. The molecule has 20 heavy (non-hydrogen) atoms. The summed E-state index contributed by atoms with van der Waals surface area (Å²) in [5, 5.41) is 5.30. The van der Waals surface area contributed by atoms with E-state index in [2.05, 4.69) is 39.0 Å². The van der Waals surface area contributed by atoms with Crippen molar-refractivity contribution in [3.63, 3.8) is 0 Å². The van der Waals surface area contributed by atoms with Crippen LogP contribution in [0, 0.1) is 12.8 Å². The molecule has 1 saturated heterocycles. The van der Waals surface area contributed by atoms with Crippen LogP contribution in [-0.4, -0.2) is 39.8 Å². The number of aryl methyl sites for hydroxylation is 1. The molecule has 2 aromatic rings. The molecule has 0 aromatic carbocycles. The molecule has 0 radical (unpaired) electrons. The van der Waals surface area contributed by atoms with Gasteiger partial charge in [-0.25, -0.2) is 4.98 Å². The van der Waals surface area contributed by atoms with Crippen LogP contribution in [0.4, 0.5) is 5.13 Å². The van der Waals surface area contributed by atoms with Gasteiger partial charge in [-0.3, -0.25) is 4.68 Å². The smallest absolute Gasteiger partial charge is 0.180 e. The first-order chi connectivity index (χ1) is 9.61. The van der Waals surface area contributed by atoms with E-state index in [4.69, 9.17) is 5.73 Å². The number of thiazole rings is 1. The van der Waals surface area contributed by atoms with Gasteiger partial charge in [-0.15, -0.1) is 0 Å². The maximum Gasteiger partial charge on any atom is 0.180 e. The van der Waals surface area contributed by atoms with Gasteiger partial charge in [-0.05, 0) is 45.3 Å². The lowest BCUT2D eigenvalue weighted by Crippen LogP contribution is -2.34. The summed E-state index contributed by atoms with van der Waals surface area (Å²) in [5.74, 6) is 0.703. The SMILES string of the molecule is Cc1nc(N)sc1-c1ccn(CC2CCCN(C)C2)n1. The van der Waals surface area contributed by atoms with E-state index in [0.29, 0.717) is 11.0 Å². The van der Waals surface area contributed by atoms with Crippen LogP contribution in [0.2, 0.25) is 0 Å². The van der Waals surface area contributed by atoms with Gasteiger partial charge in [-0.1, -0.05) is 11.3 Å². The van der Waals surface area contributed by atoms with E-state index in [9.17, 15) is 0 Å². The average molecular weight is 291 g/mol. The number of hydrogen-bond donors (Lipinski definition) is 1. The van der Waals surface area contributed by atoms with Gasteiger partial charge in [0.2, 0.25) is 0 Å². The second kappa shape index (κ2) is 5.54. The van der Waals surface area contributed by atoms with Crippen molar-refractivity contribution in [2.24, 2.45) is 5.92 Å². The van der Waals surface area contributed by atoms with Crippen molar-refractivity contribution in [2.75, 3.05) is 25.9 Å². The number of nitrogens with two attached hydrogens (primary N) is 1. The Balaban J connectivity index is 1.72. The lowest BCUT2D eigenvalue weighted by atomic mass is 9.99. The number of nitrogens with zero attached hydrogens (tertiary/aromatic N) is 4. The highest BCUT2D eigenvalue weighted by molar-refractivity contribution is 7.18. The molecule has 0 bridgehead atoms. The fraction of sp³-hybridized carbons (Fsp3) is 0.571.